The van der Waals surface area contributed by atoms with E-state index in [2.05, 4.69) is 19.9 Å². The first kappa shape index (κ1) is 22.3. The summed E-state index contributed by atoms with van der Waals surface area (Å²) in [6.45, 7) is 0.175. The number of fused-ring (bicyclic) bond motifs is 1. The van der Waals surface area contributed by atoms with E-state index in [1.54, 1.807) is 0 Å². The maximum absolute atomic E-state index is 11.5. The van der Waals surface area contributed by atoms with Gasteiger partial charge in [0.2, 0.25) is 5.95 Å². The van der Waals surface area contributed by atoms with Crippen molar-refractivity contribution in [3.8, 4) is 0 Å². The van der Waals surface area contributed by atoms with Gasteiger partial charge >= 0.3 is 66.7 Å². The van der Waals surface area contributed by atoms with Gasteiger partial charge in [-0.05, 0) is 6.42 Å². The van der Waals surface area contributed by atoms with Crippen LogP contribution in [-0.2, 0) is 15.7 Å². The van der Waals surface area contributed by atoms with E-state index in [1.165, 1.54) is 0 Å². The van der Waals surface area contributed by atoms with Gasteiger partial charge in [-0.15, -0.1) is 0 Å². The van der Waals surface area contributed by atoms with Gasteiger partial charge in [-0.3, -0.25) is 14.3 Å². The molecule has 13 heteroatoms. The molecule has 2 aromatic rings. The van der Waals surface area contributed by atoms with E-state index in [1.807, 2.05) is 0 Å². The Kier molecular flexibility index (Phi) is 9.64. The molecule has 0 saturated carbocycles. The summed E-state index contributed by atoms with van der Waals surface area (Å²) in [7, 11) is -4.13. The Morgan fingerprint density at radius 3 is 2.59 bits per heavy atom. The molecule has 0 atom stereocenters. The van der Waals surface area contributed by atoms with E-state index in [0.717, 1.165) is 0 Å². The third-order valence-electron chi connectivity index (χ3n) is 2.39. The maximum atomic E-state index is 11.5. The third-order valence-corrected chi connectivity index (χ3v) is 2.91. The van der Waals surface area contributed by atoms with Crippen molar-refractivity contribution in [3.63, 3.8) is 0 Å². The minimum absolute atomic E-state index is 0. The number of imidazole rings is 1. The molecule has 0 aliphatic heterocycles. The average Bonchev–Trinajstić information content (AvgIpc) is 2.70. The summed E-state index contributed by atoms with van der Waals surface area (Å²) >= 11 is 0. The molecular formula is C9H16N5Na2O5P. The van der Waals surface area contributed by atoms with Crippen molar-refractivity contribution in [2.75, 3.05) is 18.7 Å². The quantitative estimate of drug-likeness (QED) is 0.194. The number of ether oxygens (including phenoxy) is 1. The van der Waals surface area contributed by atoms with Crippen LogP contribution in [0.2, 0.25) is 0 Å². The van der Waals surface area contributed by atoms with E-state index >= 15 is 0 Å². The Balaban J connectivity index is -0.00000110. The number of nitrogen functional groups attached to an aromatic ring is 1. The molecule has 2 heterocycles. The number of nitrogens with zero attached hydrogens (tertiary/aromatic N) is 2. The second kappa shape index (κ2) is 9.53. The predicted octanol–water partition coefficient (Wildman–Crippen LogP) is -6.45. The Bertz CT molecular complexity index is 724. The number of aromatic nitrogens is 4. The smallest absolute Gasteiger partial charge is 1.00 e. The first-order valence-electron chi connectivity index (χ1n) is 5.72. The second-order valence-corrected chi connectivity index (χ2v) is 5.73. The third kappa shape index (κ3) is 6.79. The van der Waals surface area contributed by atoms with Crippen LogP contribution in [0.4, 0.5) is 5.95 Å². The van der Waals surface area contributed by atoms with Crippen molar-refractivity contribution in [3.05, 3.63) is 16.2 Å². The molecule has 2 rings (SSSR count). The van der Waals surface area contributed by atoms with E-state index in [4.69, 9.17) is 20.3 Å². The Morgan fingerprint density at radius 2 is 1.95 bits per heavy atom. The minimum atomic E-state index is -4.13. The summed E-state index contributed by atoms with van der Waals surface area (Å²) < 4.78 is 15.4. The molecule has 0 spiro atoms. The number of rotatable bonds is 6. The van der Waals surface area contributed by atoms with Crippen LogP contribution in [0.1, 0.15) is 15.1 Å². The zero-order valence-electron chi connectivity index (χ0n) is 14.4. The van der Waals surface area contributed by atoms with Gasteiger partial charge in [-0.1, -0.05) is 0 Å². The van der Waals surface area contributed by atoms with Crippen LogP contribution in [0.15, 0.2) is 4.79 Å². The summed E-state index contributed by atoms with van der Waals surface area (Å²) in [5.41, 5.74) is 5.48. The van der Waals surface area contributed by atoms with Crippen molar-refractivity contribution in [1.82, 2.24) is 19.9 Å². The van der Waals surface area contributed by atoms with Crippen molar-refractivity contribution < 1.29 is 81.1 Å². The number of aromatic amines is 2. The minimum Gasteiger partial charge on any atom is -1.00 e. The fourth-order valence-corrected chi connectivity index (χ4v) is 1.98. The Labute approximate surface area is 172 Å². The van der Waals surface area contributed by atoms with Crippen LogP contribution in [0.5, 0.6) is 0 Å². The van der Waals surface area contributed by atoms with E-state index in [-0.39, 0.29) is 85.7 Å². The fraction of sp³-hybridized carbons (Fsp3) is 0.444. The molecule has 0 radical (unpaired) electrons. The van der Waals surface area contributed by atoms with Crippen molar-refractivity contribution in [1.29, 1.82) is 0 Å². The number of aryl methyl sites for hydroxylation is 1. The van der Waals surface area contributed by atoms with Gasteiger partial charge < -0.3 is 28.1 Å². The Hall–Kier alpha value is 0.260. The number of nitrogens with one attached hydrogen (secondary N) is 2. The van der Waals surface area contributed by atoms with Gasteiger partial charge in [0.15, 0.2) is 11.2 Å². The largest absolute Gasteiger partial charge is 1.00 e. The average molecular weight is 351 g/mol. The van der Waals surface area contributed by atoms with Crippen LogP contribution in [0, 0.1) is 0 Å². The fourth-order valence-electron chi connectivity index (χ4n) is 1.62. The number of nitrogens with two attached hydrogens (primary N) is 1. The summed E-state index contributed by atoms with van der Waals surface area (Å²) in [6.07, 6.45) is 0.342. The van der Waals surface area contributed by atoms with Crippen LogP contribution in [0.25, 0.3) is 11.2 Å². The molecule has 6 N–H and O–H groups in total. The van der Waals surface area contributed by atoms with Crippen LogP contribution < -0.4 is 70.4 Å². The van der Waals surface area contributed by atoms with E-state index in [0.29, 0.717) is 18.7 Å². The number of hydrogen-bond donors (Lipinski definition) is 5. The standard InChI is InChI=1S/C9H14N5O5P.2Na.2H/c10-9-13-7-6(8(15)14-9)11-5(12-7)2-1-3-19-4-20(16,17)18;;;;/h1-4H2,(H2,16,17,18)(H4,10,11,12,13,14,15);;;;/q;2*+1;2*-1. The molecule has 2 aromatic heterocycles. The first-order valence-corrected chi connectivity index (χ1v) is 7.51. The molecular weight excluding hydrogens is 335 g/mol. The molecule has 0 fully saturated rings. The normalized spacial score (nSPS) is 11.0. The first-order chi connectivity index (χ1) is 9.35. The number of H-pyrrole nitrogens is 2. The molecule has 22 heavy (non-hydrogen) atoms. The molecule has 0 unspecified atom stereocenters. The zero-order valence-corrected chi connectivity index (χ0v) is 17.3. The van der Waals surface area contributed by atoms with E-state index < -0.39 is 19.5 Å². The molecule has 0 saturated heterocycles. The van der Waals surface area contributed by atoms with Crippen LogP contribution in [0.3, 0.4) is 0 Å². The van der Waals surface area contributed by atoms with Crippen LogP contribution >= 0.6 is 7.60 Å². The number of hydrogen-bond acceptors (Lipinski definition) is 6. The molecule has 10 nitrogen and oxygen atoms in total. The molecule has 0 amide bonds. The molecule has 0 aromatic carbocycles. The van der Waals surface area contributed by atoms with Gasteiger partial charge in [0.1, 0.15) is 12.2 Å². The predicted molar refractivity (Wildman–Crippen MR) is 72.3 cm³/mol. The van der Waals surface area contributed by atoms with Crippen LogP contribution in [-0.4, -0.2) is 42.7 Å². The van der Waals surface area contributed by atoms with Gasteiger partial charge in [0.05, 0.1) is 0 Å². The van der Waals surface area contributed by atoms with Crippen molar-refractivity contribution >= 4 is 24.7 Å². The number of anilines is 1. The van der Waals surface area contributed by atoms with Gasteiger partial charge in [0, 0.05) is 13.0 Å². The van der Waals surface area contributed by atoms with Crippen molar-refractivity contribution in [2.45, 2.75) is 12.8 Å². The van der Waals surface area contributed by atoms with Gasteiger partial charge in [-0.25, -0.2) is 4.98 Å². The zero-order chi connectivity index (χ0) is 14.8. The maximum Gasteiger partial charge on any atom is 1.00 e. The topological polar surface area (TPSA) is 167 Å². The Morgan fingerprint density at radius 1 is 1.27 bits per heavy atom. The summed E-state index contributed by atoms with van der Waals surface area (Å²) in [5, 5.41) is 0. The van der Waals surface area contributed by atoms with Gasteiger partial charge in [-0.2, -0.15) is 4.98 Å². The molecule has 114 valence electrons. The van der Waals surface area contributed by atoms with Gasteiger partial charge in [0.25, 0.3) is 5.56 Å². The summed E-state index contributed by atoms with van der Waals surface area (Å²) in [6, 6.07) is 0. The SMILES string of the molecule is Nc1nc2nc(CCCOCP(=O)(O)O)[nH]c2c(=O)[nH]1.[H-].[H-].[Na+].[Na+]. The summed E-state index contributed by atoms with van der Waals surface area (Å²) in [4.78, 5) is 41.9. The summed E-state index contributed by atoms with van der Waals surface area (Å²) in [5.74, 6) is 0.522. The second-order valence-electron chi connectivity index (χ2n) is 4.14. The molecule has 0 bridgehead atoms. The monoisotopic (exact) mass is 351 g/mol. The van der Waals surface area contributed by atoms with E-state index in [9.17, 15) is 9.36 Å². The molecule has 0 aliphatic carbocycles. The van der Waals surface area contributed by atoms with Crippen molar-refractivity contribution in [2.24, 2.45) is 0 Å². The molecule has 0 aliphatic rings.